The Labute approximate surface area is 123 Å². The minimum Gasteiger partial charge on any atom is -0.225 e. The fourth-order valence-electron chi connectivity index (χ4n) is 3.51. The highest BCUT2D eigenvalue weighted by molar-refractivity contribution is 6.96. The molecule has 2 rings (SSSR count). The topological polar surface area (TPSA) is 12.9 Å². The van der Waals surface area contributed by atoms with Gasteiger partial charge in [0.15, 0.2) is 0 Å². The first-order chi connectivity index (χ1) is 9.10. The van der Waals surface area contributed by atoms with E-state index in [1.54, 1.807) is 6.07 Å². The third-order valence-electron chi connectivity index (χ3n) is 3.74. The van der Waals surface area contributed by atoms with Gasteiger partial charge in [-0.15, -0.1) is 0 Å². The fraction of sp³-hybridized carbons (Fsp3) is 0.438. The minimum absolute atomic E-state index is 0.320. The first-order valence-electron chi connectivity index (χ1n) is 7.16. The van der Waals surface area contributed by atoms with Crippen molar-refractivity contribution < 1.29 is 4.39 Å². The zero-order valence-electron chi connectivity index (χ0n) is 13.3. The fourth-order valence-corrected chi connectivity index (χ4v) is 16.0. The summed E-state index contributed by atoms with van der Waals surface area (Å²) in [5.41, 5.74) is 0.972. The summed E-state index contributed by atoms with van der Waals surface area (Å²) < 4.78 is 14.3. The molecule has 1 aromatic carbocycles. The van der Waals surface area contributed by atoms with Gasteiger partial charge in [0.1, 0.15) is 0 Å². The molecule has 0 fully saturated rings. The van der Waals surface area contributed by atoms with Crippen LogP contribution in [0.5, 0.6) is 0 Å². The number of aromatic nitrogens is 1. The van der Waals surface area contributed by atoms with Crippen molar-refractivity contribution in [1.29, 1.82) is 0 Å². The van der Waals surface area contributed by atoms with E-state index in [0.29, 0.717) is 10.6 Å². The second kappa shape index (κ2) is 5.08. The second-order valence-electron chi connectivity index (χ2n) is 7.72. The summed E-state index contributed by atoms with van der Waals surface area (Å²) >= 11 is 0. The number of nitrogens with zero attached hydrogens (tertiary/aromatic N) is 1. The number of rotatable bonds is 3. The molecule has 1 heterocycles. The van der Waals surface area contributed by atoms with Gasteiger partial charge in [0.2, 0.25) is 5.95 Å². The average Bonchev–Trinajstić information content (AvgIpc) is 2.25. The van der Waals surface area contributed by atoms with Crippen molar-refractivity contribution in [3.8, 4) is 0 Å². The van der Waals surface area contributed by atoms with Crippen LogP contribution < -0.4 is 0 Å². The van der Waals surface area contributed by atoms with Gasteiger partial charge in [-0.25, -0.2) is 4.98 Å². The van der Waals surface area contributed by atoms with E-state index in [4.69, 9.17) is 0 Å². The molecule has 4 heteroatoms. The first-order valence-corrected chi connectivity index (χ1v) is 14.3. The zero-order chi connectivity index (χ0) is 15.1. The van der Waals surface area contributed by atoms with Crippen LogP contribution in [0.15, 0.2) is 30.3 Å². The van der Waals surface area contributed by atoms with Crippen LogP contribution in [0, 0.1) is 5.95 Å². The van der Waals surface area contributed by atoms with Gasteiger partial charge in [0.25, 0.3) is 0 Å². The Bertz CT molecular complexity index is 612. The van der Waals surface area contributed by atoms with Crippen molar-refractivity contribution in [3.63, 3.8) is 0 Å². The molecule has 20 heavy (non-hydrogen) atoms. The van der Waals surface area contributed by atoms with E-state index in [2.05, 4.69) is 50.3 Å². The maximum atomic E-state index is 14.3. The molecule has 0 saturated carbocycles. The largest absolute Gasteiger partial charge is 0.225 e. The monoisotopic (exact) mass is 305 g/mol. The van der Waals surface area contributed by atoms with E-state index in [0.717, 1.165) is 11.1 Å². The molecule has 0 aliphatic heterocycles. The van der Waals surface area contributed by atoms with Crippen LogP contribution >= 0.6 is 0 Å². The molecule has 0 aliphatic rings. The van der Waals surface area contributed by atoms with Crippen LogP contribution in [-0.2, 0) is 0 Å². The van der Waals surface area contributed by atoms with E-state index in [1.165, 1.54) is 0 Å². The van der Waals surface area contributed by atoms with Crippen LogP contribution in [0.3, 0.4) is 0 Å². The summed E-state index contributed by atoms with van der Waals surface area (Å²) in [5.74, 6) is -0.320. The molecule has 0 bridgehead atoms. The molecule has 2 aromatic rings. The average molecular weight is 306 g/mol. The van der Waals surface area contributed by atoms with Crippen molar-refractivity contribution >= 4 is 26.9 Å². The molecule has 0 amide bonds. The maximum Gasteiger partial charge on any atom is 0.220 e. The van der Waals surface area contributed by atoms with Gasteiger partial charge >= 0.3 is 0 Å². The number of halogens is 1. The lowest BCUT2D eigenvalue weighted by molar-refractivity contribution is 0.591. The van der Waals surface area contributed by atoms with E-state index in [9.17, 15) is 4.39 Å². The molecule has 1 aromatic heterocycles. The highest BCUT2D eigenvalue weighted by Crippen LogP contribution is 2.36. The number of fused-ring (bicyclic) bond motifs is 1. The van der Waals surface area contributed by atoms with E-state index in [1.807, 2.05) is 18.2 Å². The smallest absolute Gasteiger partial charge is 0.220 e. The Balaban J connectivity index is 2.66. The van der Waals surface area contributed by atoms with Gasteiger partial charge in [-0.2, -0.15) is 4.39 Å². The Hall–Kier alpha value is -1.01. The molecule has 0 radical (unpaired) electrons. The van der Waals surface area contributed by atoms with E-state index < -0.39 is 16.1 Å². The van der Waals surface area contributed by atoms with E-state index in [-0.39, 0.29) is 5.95 Å². The van der Waals surface area contributed by atoms with Crippen molar-refractivity contribution in [2.45, 2.75) is 44.4 Å². The predicted octanol–water partition coefficient (Wildman–Crippen LogP) is 5.21. The molecule has 0 spiro atoms. The summed E-state index contributed by atoms with van der Waals surface area (Å²) in [6.45, 7) is 14.2. The molecule has 0 N–H and O–H groups in total. The number of pyridine rings is 1. The zero-order valence-corrected chi connectivity index (χ0v) is 15.3. The number of hydrogen-bond donors (Lipinski definition) is 0. The Morgan fingerprint density at radius 1 is 0.950 bits per heavy atom. The predicted molar refractivity (Wildman–Crippen MR) is 91.1 cm³/mol. The second-order valence-corrected chi connectivity index (χ2v) is 18.9. The quantitative estimate of drug-likeness (QED) is 0.560. The van der Waals surface area contributed by atoms with Crippen LogP contribution in [-0.4, -0.2) is 21.1 Å². The van der Waals surface area contributed by atoms with Crippen molar-refractivity contribution in [3.05, 3.63) is 42.0 Å². The van der Waals surface area contributed by atoms with Crippen LogP contribution in [0.1, 0.15) is 10.9 Å². The number of benzene rings is 1. The maximum absolute atomic E-state index is 14.3. The van der Waals surface area contributed by atoms with Crippen LogP contribution in [0.2, 0.25) is 39.3 Å². The SMILES string of the molecule is C[Si](C)(C)C(c1cc2ccccc2c(F)n1)[Si](C)(C)C. The van der Waals surface area contributed by atoms with Gasteiger partial charge in [-0.3, -0.25) is 0 Å². The summed E-state index contributed by atoms with van der Waals surface area (Å²) in [6.07, 6.45) is 0. The standard InChI is InChI=1S/C16H24FNSi2/c1-19(2,3)16(20(4,5)6)14-11-12-9-7-8-10-13(12)15(17)18-14/h7-11,16H,1-6H3. The highest BCUT2D eigenvalue weighted by atomic mass is 28.4. The normalized spacial score (nSPS) is 13.2. The van der Waals surface area contributed by atoms with Crippen molar-refractivity contribution in [1.82, 2.24) is 4.98 Å². The lowest BCUT2D eigenvalue weighted by Crippen LogP contribution is -2.47. The molecule has 0 atom stereocenters. The van der Waals surface area contributed by atoms with Gasteiger partial charge in [-0.05, 0) is 22.7 Å². The van der Waals surface area contributed by atoms with Crippen molar-refractivity contribution in [2.24, 2.45) is 0 Å². The first kappa shape index (κ1) is 15.4. The summed E-state index contributed by atoms with van der Waals surface area (Å²) in [4.78, 5) is 4.34. The molecule has 0 unspecified atom stereocenters. The third-order valence-corrected chi connectivity index (χ3v) is 13.0. The van der Waals surface area contributed by atoms with Gasteiger partial charge in [0.05, 0.1) is 16.1 Å². The number of hydrogen-bond acceptors (Lipinski definition) is 1. The van der Waals surface area contributed by atoms with Crippen molar-refractivity contribution in [2.75, 3.05) is 0 Å². The molecule has 1 nitrogen and oxygen atoms in total. The lowest BCUT2D eigenvalue weighted by Gasteiger charge is -2.38. The summed E-state index contributed by atoms with van der Waals surface area (Å²) in [7, 11) is -2.88. The Morgan fingerprint density at radius 2 is 1.50 bits per heavy atom. The van der Waals surface area contributed by atoms with Gasteiger partial charge in [-0.1, -0.05) is 57.5 Å². The Morgan fingerprint density at radius 3 is 2.05 bits per heavy atom. The molecule has 0 saturated heterocycles. The highest BCUT2D eigenvalue weighted by Gasteiger charge is 2.39. The Kier molecular flexibility index (Phi) is 3.90. The van der Waals surface area contributed by atoms with Crippen LogP contribution in [0.4, 0.5) is 4.39 Å². The molecule has 0 aliphatic carbocycles. The molecular weight excluding hydrogens is 281 g/mol. The summed E-state index contributed by atoms with van der Waals surface area (Å²) in [5, 5.41) is 2.06. The van der Waals surface area contributed by atoms with E-state index >= 15 is 0 Å². The lowest BCUT2D eigenvalue weighted by atomic mass is 10.1. The molecule has 108 valence electrons. The van der Waals surface area contributed by atoms with Crippen LogP contribution in [0.25, 0.3) is 10.8 Å². The summed E-state index contributed by atoms with van der Waals surface area (Å²) in [6, 6.07) is 9.72. The minimum atomic E-state index is -1.44. The molecular formula is C16H24FNSi2. The van der Waals surface area contributed by atoms with Gasteiger partial charge < -0.3 is 0 Å². The third kappa shape index (κ3) is 3.01. The van der Waals surface area contributed by atoms with Gasteiger partial charge in [0, 0.05) is 11.1 Å².